The molecule has 0 aliphatic carbocycles. The predicted octanol–water partition coefficient (Wildman–Crippen LogP) is 8.35. The number of nitrogens with zero attached hydrogens (tertiary/aromatic N) is 1. The molecule has 3 rings (SSSR count). The summed E-state index contributed by atoms with van der Waals surface area (Å²) in [6.07, 6.45) is 18.6. The summed E-state index contributed by atoms with van der Waals surface area (Å²) in [5, 5.41) is 5.08. The van der Waals surface area contributed by atoms with Crippen molar-refractivity contribution in [1.82, 2.24) is 0 Å². The third kappa shape index (κ3) is 12.4. The maximum Gasteiger partial charge on any atom is 0.228 e. The van der Waals surface area contributed by atoms with E-state index in [4.69, 9.17) is 4.74 Å². The summed E-state index contributed by atoms with van der Waals surface area (Å²) in [6, 6.07) is 16.0. The quantitative estimate of drug-likeness (QED) is 0.127. The summed E-state index contributed by atoms with van der Waals surface area (Å²) in [6.45, 7) is 3.84. The Morgan fingerprint density at radius 1 is 0.838 bits per heavy atom. The van der Waals surface area contributed by atoms with Crippen molar-refractivity contribution < 1.29 is 14.1 Å². The fourth-order valence-electron chi connectivity index (χ4n) is 4.54. The van der Waals surface area contributed by atoms with Gasteiger partial charge in [-0.3, -0.25) is 4.79 Å². The summed E-state index contributed by atoms with van der Waals surface area (Å²) in [5.74, 6) is 0.872. The molecule has 1 amide bonds. The van der Waals surface area contributed by atoms with Crippen molar-refractivity contribution in [2.75, 3.05) is 11.9 Å². The van der Waals surface area contributed by atoms with Crippen LogP contribution in [0.15, 0.2) is 65.6 Å². The average molecular weight is 522 g/mol. The molecule has 200 valence electrons. The molecule has 0 fully saturated rings. The summed E-state index contributed by atoms with van der Waals surface area (Å²) in [4.78, 5) is 12.6. The van der Waals surface area contributed by atoms with Crippen LogP contribution >= 0.6 is 11.3 Å². The summed E-state index contributed by atoms with van der Waals surface area (Å²) >= 11 is 1.67. The fraction of sp³-hybridized carbons (Fsp3) is 0.500. The van der Waals surface area contributed by atoms with E-state index in [0.29, 0.717) is 6.42 Å². The largest absolute Gasteiger partial charge is 0.494 e. The van der Waals surface area contributed by atoms with Gasteiger partial charge in [-0.2, -0.15) is 4.57 Å². The smallest absolute Gasteiger partial charge is 0.228 e. The summed E-state index contributed by atoms with van der Waals surface area (Å²) in [7, 11) is 0. The first-order valence-corrected chi connectivity index (χ1v) is 15.2. The zero-order valence-corrected chi connectivity index (χ0v) is 23.4. The number of hydrogen-bond acceptors (Lipinski definition) is 3. The topological polar surface area (TPSA) is 42.2 Å². The molecular weight excluding hydrogens is 476 g/mol. The molecule has 3 aromatic rings. The number of unbranched alkanes of at least 4 members (excludes halogenated alkanes) is 11. The Morgan fingerprint density at radius 2 is 1.51 bits per heavy atom. The number of anilines is 1. The highest BCUT2D eigenvalue weighted by atomic mass is 32.1. The Bertz CT molecular complexity index is 1000. The van der Waals surface area contributed by atoms with Crippen LogP contribution in [0.25, 0.3) is 0 Å². The third-order valence-electron chi connectivity index (χ3n) is 6.66. The van der Waals surface area contributed by atoms with Gasteiger partial charge in [0.25, 0.3) is 0 Å². The molecule has 4 nitrogen and oxygen atoms in total. The van der Waals surface area contributed by atoms with Gasteiger partial charge >= 0.3 is 0 Å². The van der Waals surface area contributed by atoms with E-state index in [1.807, 2.05) is 42.5 Å². The van der Waals surface area contributed by atoms with Crippen LogP contribution in [-0.4, -0.2) is 12.5 Å². The monoisotopic (exact) mass is 521 g/mol. The minimum absolute atomic E-state index is 0.00880. The summed E-state index contributed by atoms with van der Waals surface area (Å²) < 4.78 is 8.04. The molecular formula is C32H45N2O2S+. The highest BCUT2D eigenvalue weighted by Gasteiger charge is 2.08. The van der Waals surface area contributed by atoms with E-state index in [9.17, 15) is 4.79 Å². The average Bonchev–Trinajstić information content (AvgIpc) is 3.41. The number of nitrogens with one attached hydrogen (secondary N) is 1. The van der Waals surface area contributed by atoms with Gasteiger partial charge in [-0.25, -0.2) is 0 Å². The van der Waals surface area contributed by atoms with Gasteiger partial charge in [0.1, 0.15) is 5.75 Å². The Morgan fingerprint density at radius 3 is 2.16 bits per heavy atom. The maximum absolute atomic E-state index is 12.6. The molecule has 0 atom stereocenters. The minimum Gasteiger partial charge on any atom is -0.494 e. The molecule has 0 saturated heterocycles. The molecule has 1 N–H and O–H groups in total. The lowest BCUT2D eigenvalue weighted by Gasteiger charge is -2.09. The predicted molar refractivity (Wildman–Crippen MR) is 155 cm³/mol. The van der Waals surface area contributed by atoms with Crippen LogP contribution in [0.1, 0.15) is 95.1 Å². The SMILES string of the molecule is CCCCCCCCCCCCCCOc1ccc(CC(=O)Nc2cccc(C[n+]3ccsc3)c2)cc1. The van der Waals surface area contributed by atoms with E-state index in [1.54, 1.807) is 11.3 Å². The number of rotatable bonds is 19. The standard InChI is InChI=1S/C32H44N2O2S/c1-2-3-4-5-6-7-8-9-10-11-12-13-22-36-31-19-17-28(18-20-31)25-32(35)33-30-16-14-15-29(24-30)26-34-21-23-37-27-34/h14-21,23-24,27H,2-13,22,25-26H2,1H3/p+1. The number of aromatic nitrogens is 1. The fourth-order valence-corrected chi connectivity index (χ4v) is 5.14. The Kier molecular flexibility index (Phi) is 13.9. The number of benzene rings is 2. The third-order valence-corrected chi connectivity index (χ3v) is 7.33. The van der Waals surface area contributed by atoms with Gasteiger partial charge in [0, 0.05) is 11.3 Å². The van der Waals surface area contributed by atoms with Crippen molar-refractivity contribution in [1.29, 1.82) is 0 Å². The molecule has 0 unspecified atom stereocenters. The van der Waals surface area contributed by atoms with Crippen LogP contribution in [-0.2, 0) is 17.8 Å². The Hall–Kier alpha value is -2.66. The maximum atomic E-state index is 12.6. The van der Waals surface area contributed by atoms with E-state index in [-0.39, 0.29) is 5.91 Å². The van der Waals surface area contributed by atoms with Crippen molar-refractivity contribution in [3.8, 4) is 5.75 Å². The van der Waals surface area contributed by atoms with Crippen molar-refractivity contribution in [3.05, 3.63) is 76.7 Å². The van der Waals surface area contributed by atoms with Crippen LogP contribution < -0.4 is 14.6 Å². The first-order valence-electron chi connectivity index (χ1n) is 14.2. The number of carbonyl (C=O) groups excluding carboxylic acids is 1. The Balaban J connectivity index is 1.24. The van der Waals surface area contributed by atoms with Crippen LogP contribution in [0.4, 0.5) is 5.69 Å². The lowest BCUT2D eigenvalue weighted by atomic mass is 10.1. The number of hydrogen-bond donors (Lipinski definition) is 1. The highest BCUT2D eigenvalue weighted by molar-refractivity contribution is 7.07. The first kappa shape index (κ1) is 28.9. The van der Waals surface area contributed by atoms with E-state index in [2.05, 4.69) is 40.0 Å². The van der Waals surface area contributed by atoms with Gasteiger partial charge in [-0.05, 0) is 36.2 Å². The van der Waals surface area contributed by atoms with E-state index < -0.39 is 0 Å². The van der Waals surface area contributed by atoms with Gasteiger partial charge < -0.3 is 10.1 Å². The van der Waals surface area contributed by atoms with Crippen molar-refractivity contribution in [3.63, 3.8) is 0 Å². The van der Waals surface area contributed by atoms with Crippen molar-refractivity contribution in [2.24, 2.45) is 0 Å². The van der Waals surface area contributed by atoms with Crippen LogP contribution in [0, 0.1) is 0 Å². The second-order valence-corrected chi connectivity index (χ2v) is 10.8. The number of amides is 1. The molecule has 1 heterocycles. The van der Waals surface area contributed by atoms with Gasteiger partial charge in [0.15, 0.2) is 12.7 Å². The number of ether oxygens (including phenoxy) is 1. The Labute approximate surface area is 228 Å². The highest BCUT2D eigenvalue weighted by Crippen LogP contribution is 2.16. The molecule has 2 aromatic carbocycles. The van der Waals surface area contributed by atoms with Crippen LogP contribution in [0.3, 0.4) is 0 Å². The molecule has 0 aliphatic rings. The van der Waals surface area contributed by atoms with E-state index >= 15 is 0 Å². The summed E-state index contributed by atoms with van der Waals surface area (Å²) in [5.41, 5.74) is 5.06. The van der Waals surface area contributed by atoms with E-state index in [1.165, 1.54) is 70.6 Å². The van der Waals surface area contributed by atoms with Crippen molar-refractivity contribution in [2.45, 2.75) is 96.9 Å². The van der Waals surface area contributed by atoms with Gasteiger partial charge in [0.2, 0.25) is 11.4 Å². The molecule has 1 aromatic heterocycles. The molecule has 5 heteroatoms. The van der Waals surface area contributed by atoms with Crippen LogP contribution in [0.2, 0.25) is 0 Å². The molecule has 0 radical (unpaired) electrons. The second kappa shape index (κ2) is 17.7. The minimum atomic E-state index is -0.00880. The normalized spacial score (nSPS) is 10.9. The number of carbonyl (C=O) groups is 1. The van der Waals surface area contributed by atoms with E-state index in [0.717, 1.165) is 42.1 Å². The molecule has 0 aliphatic heterocycles. The lowest BCUT2D eigenvalue weighted by Crippen LogP contribution is -2.30. The molecule has 0 spiro atoms. The van der Waals surface area contributed by atoms with Gasteiger partial charge in [-0.1, -0.05) is 113 Å². The van der Waals surface area contributed by atoms with Gasteiger partial charge in [0.05, 0.1) is 18.4 Å². The number of thiazole rings is 1. The van der Waals surface area contributed by atoms with Crippen molar-refractivity contribution >= 4 is 22.9 Å². The second-order valence-electron chi connectivity index (χ2n) is 10.0. The molecule has 37 heavy (non-hydrogen) atoms. The lowest BCUT2D eigenvalue weighted by molar-refractivity contribution is -0.683. The zero-order chi connectivity index (χ0) is 26.0. The first-order chi connectivity index (χ1) is 18.2. The van der Waals surface area contributed by atoms with Gasteiger partial charge in [-0.15, -0.1) is 0 Å². The molecule has 0 bridgehead atoms. The van der Waals surface area contributed by atoms with Crippen LogP contribution in [0.5, 0.6) is 5.75 Å². The zero-order valence-electron chi connectivity index (χ0n) is 22.6. The molecule has 0 saturated carbocycles.